The molecular weight excluding hydrogens is 436 g/mol. The van der Waals surface area contributed by atoms with Crippen molar-refractivity contribution in [3.8, 4) is 0 Å². The number of fused-ring (bicyclic) bond motifs is 1. The second kappa shape index (κ2) is 8.06. The zero-order valence-corrected chi connectivity index (χ0v) is 17.3. The van der Waals surface area contributed by atoms with E-state index in [2.05, 4.69) is 14.8 Å². The molecule has 1 fully saturated rings. The van der Waals surface area contributed by atoms with Crippen LogP contribution < -0.4 is 5.32 Å². The van der Waals surface area contributed by atoms with Gasteiger partial charge in [0.15, 0.2) is 6.23 Å². The van der Waals surface area contributed by atoms with Gasteiger partial charge in [-0.05, 0) is 26.0 Å². The maximum Gasteiger partial charge on any atom is 0.469 e. The number of phosphoric acid groups is 1. The highest BCUT2D eigenvalue weighted by Gasteiger charge is 2.45. The van der Waals surface area contributed by atoms with Gasteiger partial charge in [0.25, 0.3) is 0 Å². The van der Waals surface area contributed by atoms with Crippen LogP contribution in [-0.4, -0.2) is 60.5 Å². The minimum atomic E-state index is -4.76. The smallest absolute Gasteiger partial charge is 0.387 e. The molecule has 1 aromatic heterocycles. The lowest BCUT2D eigenvalue weighted by Gasteiger charge is -2.21. The van der Waals surface area contributed by atoms with Gasteiger partial charge in [0.2, 0.25) is 5.95 Å². The van der Waals surface area contributed by atoms with Crippen LogP contribution >= 0.6 is 31.0 Å². The molecule has 0 bridgehead atoms. The number of benzene rings is 1. The van der Waals surface area contributed by atoms with Gasteiger partial charge in [-0.15, -0.1) is 0 Å². The van der Waals surface area contributed by atoms with E-state index < -0.39 is 39.0 Å². The fourth-order valence-corrected chi connectivity index (χ4v) is 3.62. The van der Waals surface area contributed by atoms with Crippen molar-refractivity contribution in [3.63, 3.8) is 0 Å². The number of aromatic nitrogens is 2. The summed E-state index contributed by atoms with van der Waals surface area (Å²) in [4.78, 5) is 22.2. The standard InChI is InChI=1S/C15H20Cl2N3O7P/c1-6(2)18-15-19-9-3-7(16)8(17)4-10(9)20(15)14-13(22)12(21)11(27-14)5-26-28(23,24)25/h3-4,6,11-14,21-22H,5H2,1-2H3,(H,18,19)(H2,23,24,25)/t11-,12-,13-,14-/m1/s1. The number of aliphatic hydroxyl groups is 2. The number of ether oxygens (including phenoxy) is 1. The van der Waals surface area contributed by atoms with Gasteiger partial charge in [0.1, 0.15) is 18.3 Å². The number of rotatable bonds is 6. The highest BCUT2D eigenvalue weighted by atomic mass is 35.5. The molecule has 156 valence electrons. The monoisotopic (exact) mass is 455 g/mol. The second-order valence-corrected chi connectivity index (χ2v) is 8.75. The number of nitrogens with one attached hydrogen (secondary N) is 1. The van der Waals surface area contributed by atoms with E-state index in [1.165, 1.54) is 4.57 Å². The summed E-state index contributed by atoms with van der Waals surface area (Å²) in [6.45, 7) is 3.17. The quantitative estimate of drug-likeness (QED) is 0.411. The predicted molar refractivity (Wildman–Crippen MR) is 102 cm³/mol. The number of aliphatic hydroxyl groups excluding tert-OH is 2. The van der Waals surface area contributed by atoms with E-state index in [-0.39, 0.29) is 11.1 Å². The first kappa shape index (κ1) is 21.8. The maximum absolute atomic E-state index is 10.9. The Kier molecular flexibility index (Phi) is 6.26. The number of hydrogen-bond donors (Lipinski definition) is 5. The SMILES string of the molecule is CC(C)Nc1nc2cc(Cl)c(Cl)cc2n1[C@@H]1O[C@H](COP(=O)(O)O)[C@@H](O)[C@H]1O. The van der Waals surface area contributed by atoms with Crippen LogP contribution in [0.5, 0.6) is 0 Å². The number of imidazole rings is 1. The topological polar surface area (TPSA) is 146 Å². The number of nitrogens with zero attached hydrogens (tertiary/aromatic N) is 2. The van der Waals surface area contributed by atoms with Gasteiger partial charge in [-0.3, -0.25) is 9.09 Å². The van der Waals surface area contributed by atoms with Crippen molar-refractivity contribution in [2.45, 2.75) is 44.4 Å². The Balaban J connectivity index is 2.01. The largest absolute Gasteiger partial charge is 0.469 e. The van der Waals surface area contributed by atoms with Gasteiger partial charge in [-0.25, -0.2) is 9.55 Å². The molecule has 2 aromatic rings. The molecule has 1 saturated heterocycles. The average molecular weight is 456 g/mol. The van der Waals surface area contributed by atoms with E-state index in [4.69, 9.17) is 37.7 Å². The van der Waals surface area contributed by atoms with E-state index in [9.17, 15) is 14.8 Å². The summed E-state index contributed by atoms with van der Waals surface area (Å²) in [5, 5.41) is 24.5. The first-order chi connectivity index (χ1) is 13.0. The van der Waals surface area contributed by atoms with Gasteiger partial charge in [-0.2, -0.15) is 0 Å². The molecule has 0 saturated carbocycles. The molecule has 1 aromatic carbocycles. The summed E-state index contributed by atoms with van der Waals surface area (Å²) in [7, 11) is -4.76. The van der Waals surface area contributed by atoms with Crippen molar-refractivity contribution < 1.29 is 33.8 Å². The molecule has 2 heterocycles. The Morgan fingerprint density at radius 1 is 1.29 bits per heavy atom. The first-order valence-corrected chi connectivity index (χ1v) is 10.6. The van der Waals surface area contributed by atoms with Crippen molar-refractivity contribution in [2.75, 3.05) is 11.9 Å². The molecule has 0 amide bonds. The Morgan fingerprint density at radius 3 is 2.54 bits per heavy atom. The zero-order chi connectivity index (χ0) is 20.8. The maximum atomic E-state index is 10.9. The predicted octanol–water partition coefficient (Wildman–Crippen LogP) is 1.89. The molecule has 0 spiro atoms. The summed E-state index contributed by atoms with van der Waals surface area (Å²) in [5.41, 5.74) is 0.975. The van der Waals surface area contributed by atoms with Crippen LogP contribution in [0.25, 0.3) is 11.0 Å². The van der Waals surface area contributed by atoms with Gasteiger partial charge >= 0.3 is 7.82 Å². The van der Waals surface area contributed by atoms with Crippen LogP contribution in [0, 0.1) is 0 Å². The Hall–Kier alpha value is -0.940. The Bertz CT molecular complexity index is 919. The number of hydrogen-bond acceptors (Lipinski definition) is 7. The van der Waals surface area contributed by atoms with Gasteiger partial charge in [0, 0.05) is 6.04 Å². The van der Waals surface area contributed by atoms with Crippen LogP contribution in [0.3, 0.4) is 0 Å². The van der Waals surface area contributed by atoms with E-state index in [0.717, 1.165) is 0 Å². The van der Waals surface area contributed by atoms with Crippen molar-refractivity contribution in [3.05, 3.63) is 22.2 Å². The third kappa shape index (κ3) is 4.46. The Labute approximate surface area is 170 Å². The molecule has 10 nitrogen and oxygen atoms in total. The summed E-state index contributed by atoms with van der Waals surface area (Å²) >= 11 is 12.2. The number of halogens is 2. The van der Waals surface area contributed by atoms with E-state index in [1.807, 2.05) is 13.8 Å². The summed E-state index contributed by atoms with van der Waals surface area (Å²) in [6.07, 6.45) is -5.13. The summed E-state index contributed by atoms with van der Waals surface area (Å²) < 4.78 is 22.5. The highest BCUT2D eigenvalue weighted by Crippen LogP contribution is 2.40. The van der Waals surface area contributed by atoms with Crippen molar-refractivity contribution >= 4 is 48.0 Å². The molecule has 4 atom stereocenters. The normalized spacial score (nSPS) is 25.8. The van der Waals surface area contributed by atoms with Crippen LogP contribution in [0.2, 0.25) is 10.0 Å². The Morgan fingerprint density at radius 2 is 1.93 bits per heavy atom. The van der Waals surface area contributed by atoms with Crippen LogP contribution in [0.1, 0.15) is 20.1 Å². The minimum absolute atomic E-state index is 0.0150. The molecule has 28 heavy (non-hydrogen) atoms. The summed E-state index contributed by atoms with van der Waals surface area (Å²) in [6, 6.07) is 3.10. The molecular formula is C15H20Cl2N3O7P. The number of anilines is 1. The molecule has 3 rings (SSSR count). The third-order valence-corrected chi connectivity index (χ3v) is 5.36. The highest BCUT2D eigenvalue weighted by molar-refractivity contribution is 7.46. The zero-order valence-electron chi connectivity index (χ0n) is 14.9. The second-order valence-electron chi connectivity index (χ2n) is 6.69. The van der Waals surface area contributed by atoms with Crippen molar-refractivity contribution in [1.29, 1.82) is 0 Å². The molecule has 5 N–H and O–H groups in total. The fourth-order valence-electron chi connectivity index (χ4n) is 2.96. The van der Waals surface area contributed by atoms with Crippen LogP contribution in [-0.2, 0) is 13.8 Å². The molecule has 1 aliphatic heterocycles. The van der Waals surface area contributed by atoms with Crippen LogP contribution in [0.4, 0.5) is 5.95 Å². The molecule has 0 unspecified atom stereocenters. The van der Waals surface area contributed by atoms with E-state index >= 15 is 0 Å². The van der Waals surface area contributed by atoms with Crippen LogP contribution in [0.15, 0.2) is 12.1 Å². The van der Waals surface area contributed by atoms with Crippen molar-refractivity contribution in [2.24, 2.45) is 0 Å². The molecule has 1 aliphatic rings. The minimum Gasteiger partial charge on any atom is -0.387 e. The van der Waals surface area contributed by atoms with Gasteiger partial charge < -0.3 is 30.1 Å². The van der Waals surface area contributed by atoms with E-state index in [1.54, 1.807) is 12.1 Å². The van der Waals surface area contributed by atoms with Crippen molar-refractivity contribution in [1.82, 2.24) is 9.55 Å². The lowest BCUT2D eigenvalue weighted by atomic mass is 10.1. The summed E-state index contributed by atoms with van der Waals surface area (Å²) in [5.74, 6) is 0.344. The molecule has 13 heteroatoms. The fraction of sp³-hybridized carbons (Fsp3) is 0.533. The molecule has 0 aliphatic carbocycles. The average Bonchev–Trinajstić information content (AvgIpc) is 3.03. The van der Waals surface area contributed by atoms with Gasteiger partial charge in [0.05, 0.1) is 27.7 Å². The van der Waals surface area contributed by atoms with Gasteiger partial charge in [-0.1, -0.05) is 23.2 Å². The molecule has 0 radical (unpaired) electrons. The van der Waals surface area contributed by atoms with E-state index in [0.29, 0.717) is 22.0 Å². The number of phosphoric ester groups is 1. The lowest BCUT2D eigenvalue weighted by Crippen LogP contribution is -2.33. The third-order valence-electron chi connectivity index (χ3n) is 4.15. The lowest BCUT2D eigenvalue weighted by molar-refractivity contribution is -0.0492. The first-order valence-electron chi connectivity index (χ1n) is 8.33.